The SMILES string of the molecule is C=CCC[C@H]1C[C@@H](C)[C@H](OCc2ccccc2)[C@@H](CO[Si](C)(C)C(C)(C)C)O1. The fraction of sp³-hybridized carbons (Fsp3) is 0.667. The molecule has 2 rings (SSSR count). The second-order valence-electron chi connectivity index (χ2n) is 9.71. The van der Waals surface area contributed by atoms with Gasteiger partial charge in [-0.15, -0.1) is 6.58 Å². The van der Waals surface area contributed by atoms with E-state index in [2.05, 4.69) is 71.6 Å². The molecular formula is C24H40O3Si. The molecule has 0 aromatic heterocycles. The van der Waals surface area contributed by atoms with Gasteiger partial charge in [0.1, 0.15) is 6.10 Å². The standard InChI is InChI=1S/C24H40O3Si/c1-8-9-15-21-16-19(2)23(25-17-20-13-11-10-12-14-20)22(27-21)18-26-28(6,7)24(3,4)5/h8,10-14,19,21-23H,1,9,15-18H2,2-7H3/t19-,21+,22-,23+/m1/s1. The highest BCUT2D eigenvalue weighted by molar-refractivity contribution is 6.74. The Hall–Kier alpha value is -0.943. The number of rotatable bonds is 9. The second kappa shape index (κ2) is 10.2. The predicted octanol–water partition coefficient (Wildman–Crippen LogP) is 6.35. The average molecular weight is 405 g/mol. The lowest BCUT2D eigenvalue weighted by Crippen LogP contribution is -2.51. The van der Waals surface area contributed by atoms with Crippen molar-refractivity contribution in [3.05, 3.63) is 48.6 Å². The molecule has 158 valence electrons. The molecule has 1 aliphatic rings. The third kappa shape index (κ3) is 6.55. The lowest BCUT2D eigenvalue weighted by Gasteiger charge is -2.43. The minimum atomic E-state index is -1.83. The predicted molar refractivity (Wildman–Crippen MR) is 120 cm³/mol. The fourth-order valence-corrected chi connectivity index (χ4v) is 4.48. The fourth-order valence-electron chi connectivity index (χ4n) is 3.46. The lowest BCUT2D eigenvalue weighted by molar-refractivity contribution is -0.178. The van der Waals surface area contributed by atoms with E-state index in [-0.39, 0.29) is 23.4 Å². The van der Waals surface area contributed by atoms with Crippen LogP contribution in [0, 0.1) is 5.92 Å². The molecule has 1 aromatic carbocycles. The molecule has 1 saturated heterocycles. The summed E-state index contributed by atoms with van der Waals surface area (Å²) in [6.45, 7) is 18.8. The minimum Gasteiger partial charge on any atom is -0.414 e. The molecule has 1 aliphatic heterocycles. The molecule has 0 bridgehead atoms. The van der Waals surface area contributed by atoms with Crippen LogP contribution in [-0.2, 0) is 20.5 Å². The van der Waals surface area contributed by atoms with Gasteiger partial charge >= 0.3 is 0 Å². The summed E-state index contributed by atoms with van der Waals surface area (Å²) in [5.74, 6) is 0.445. The molecule has 1 heterocycles. The summed E-state index contributed by atoms with van der Waals surface area (Å²) in [6.07, 6.45) is 5.33. The highest BCUT2D eigenvalue weighted by Gasteiger charge is 2.41. The van der Waals surface area contributed by atoms with Gasteiger partial charge in [0.25, 0.3) is 0 Å². The Morgan fingerprint density at radius 2 is 1.89 bits per heavy atom. The highest BCUT2D eigenvalue weighted by Crippen LogP contribution is 2.38. The lowest BCUT2D eigenvalue weighted by atomic mass is 9.88. The molecule has 0 aliphatic carbocycles. The second-order valence-corrected chi connectivity index (χ2v) is 14.5. The van der Waals surface area contributed by atoms with Crippen LogP contribution in [0.25, 0.3) is 0 Å². The van der Waals surface area contributed by atoms with Crippen LogP contribution in [0.5, 0.6) is 0 Å². The van der Waals surface area contributed by atoms with E-state index in [1.807, 2.05) is 12.1 Å². The summed E-state index contributed by atoms with van der Waals surface area (Å²) >= 11 is 0. The zero-order valence-electron chi connectivity index (χ0n) is 18.7. The normalized spacial score (nSPS) is 26.2. The molecule has 28 heavy (non-hydrogen) atoms. The first-order chi connectivity index (χ1) is 13.1. The number of benzene rings is 1. The summed E-state index contributed by atoms with van der Waals surface area (Å²) < 4.78 is 19.4. The molecule has 0 saturated carbocycles. The van der Waals surface area contributed by atoms with Gasteiger partial charge in [-0.05, 0) is 48.9 Å². The summed E-state index contributed by atoms with van der Waals surface area (Å²) in [5, 5.41) is 0.190. The summed E-state index contributed by atoms with van der Waals surface area (Å²) in [6, 6.07) is 10.4. The molecular weight excluding hydrogens is 364 g/mol. The number of hydrogen-bond donors (Lipinski definition) is 0. The zero-order chi connectivity index (χ0) is 20.8. The van der Waals surface area contributed by atoms with Gasteiger partial charge in [-0.2, -0.15) is 0 Å². The van der Waals surface area contributed by atoms with E-state index < -0.39 is 8.32 Å². The van der Waals surface area contributed by atoms with Crippen molar-refractivity contribution in [3.8, 4) is 0 Å². The molecule has 0 spiro atoms. The van der Waals surface area contributed by atoms with Gasteiger partial charge in [0.15, 0.2) is 8.32 Å². The number of hydrogen-bond acceptors (Lipinski definition) is 3. The molecule has 4 heteroatoms. The van der Waals surface area contributed by atoms with Crippen LogP contribution < -0.4 is 0 Å². The Kier molecular flexibility index (Phi) is 8.50. The van der Waals surface area contributed by atoms with Gasteiger partial charge in [0.2, 0.25) is 0 Å². The Morgan fingerprint density at radius 1 is 1.21 bits per heavy atom. The van der Waals surface area contributed by atoms with Gasteiger partial charge < -0.3 is 13.9 Å². The smallest absolute Gasteiger partial charge is 0.192 e. The summed E-state index contributed by atoms with van der Waals surface area (Å²) in [7, 11) is -1.83. The van der Waals surface area contributed by atoms with Crippen LogP contribution in [0.4, 0.5) is 0 Å². The first-order valence-corrected chi connectivity index (χ1v) is 13.6. The van der Waals surface area contributed by atoms with Crippen LogP contribution in [0.2, 0.25) is 18.1 Å². The van der Waals surface area contributed by atoms with E-state index in [9.17, 15) is 0 Å². The third-order valence-corrected chi connectivity index (χ3v) is 10.8. The van der Waals surface area contributed by atoms with Crippen molar-refractivity contribution in [3.63, 3.8) is 0 Å². The van der Waals surface area contributed by atoms with Crippen LogP contribution in [-0.4, -0.2) is 33.2 Å². The Morgan fingerprint density at radius 3 is 2.50 bits per heavy atom. The third-order valence-electron chi connectivity index (χ3n) is 6.32. The topological polar surface area (TPSA) is 27.7 Å². The van der Waals surface area contributed by atoms with E-state index >= 15 is 0 Å². The minimum absolute atomic E-state index is 0.0172. The monoisotopic (exact) mass is 404 g/mol. The van der Waals surface area contributed by atoms with Gasteiger partial charge in [0, 0.05) is 0 Å². The van der Waals surface area contributed by atoms with Crippen molar-refractivity contribution in [2.75, 3.05) is 6.61 Å². The molecule has 0 radical (unpaired) electrons. The van der Waals surface area contributed by atoms with Crippen LogP contribution in [0.3, 0.4) is 0 Å². The van der Waals surface area contributed by atoms with Crippen molar-refractivity contribution in [2.45, 2.75) is 90.0 Å². The van der Waals surface area contributed by atoms with Crippen molar-refractivity contribution in [1.29, 1.82) is 0 Å². The molecule has 1 aromatic rings. The first-order valence-electron chi connectivity index (χ1n) is 10.7. The summed E-state index contributed by atoms with van der Waals surface area (Å²) in [4.78, 5) is 0. The number of ether oxygens (including phenoxy) is 2. The zero-order valence-corrected chi connectivity index (χ0v) is 19.7. The van der Waals surface area contributed by atoms with Crippen LogP contribution >= 0.6 is 0 Å². The molecule has 0 amide bonds. The van der Waals surface area contributed by atoms with E-state index in [1.165, 1.54) is 5.56 Å². The molecule has 1 fully saturated rings. The Bertz CT molecular complexity index is 594. The average Bonchev–Trinajstić information content (AvgIpc) is 2.63. The van der Waals surface area contributed by atoms with Crippen molar-refractivity contribution in [2.24, 2.45) is 5.92 Å². The molecule has 3 nitrogen and oxygen atoms in total. The molecule has 0 N–H and O–H groups in total. The largest absolute Gasteiger partial charge is 0.414 e. The van der Waals surface area contributed by atoms with Gasteiger partial charge in [0.05, 0.1) is 25.4 Å². The van der Waals surface area contributed by atoms with Crippen molar-refractivity contribution >= 4 is 8.32 Å². The molecule has 4 atom stereocenters. The molecule has 0 unspecified atom stereocenters. The Labute approximate surface area is 173 Å². The van der Waals surface area contributed by atoms with Gasteiger partial charge in [-0.3, -0.25) is 0 Å². The van der Waals surface area contributed by atoms with E-state index in [1.54, 1.807) is 0 Å². The van der Waals surface area contributed by atoms with E-state index in [4.69, 9.17) is 13.9 Å². The van der Waals surface area contributed by atoms with Crippen LogP contribution in [0.1, 0.15) is 52.5 Å². The summed E-state index contributed by atoms with van der Waals surface area (Å²) in [5.41, 5.74) is 1.20. The van der Waals surface area contributed by atoms with Crippen molar-refractivity contribution in [1.82, 2.24) is 0 Å². The maximum atomic E-state index is 6.53. The van der Waals surface area contributed by atoms with Crippen molar-refractivity contribution < 1.29 is 13.9 Å². The maximum Gasteiger partial charge on any atom is 0.192 e. The highest BCUT2D eigenvalue weighted by atomic mass is 28.4. The quantitative estimate of drug-likeness (QED) is 0.354. The van der Waals surface area contributed by atoms with Gasteiger partial charge in [-0.25, -0.2) is 0 Å². The number of allylic oxidation sites excluding steroid dienone is 1. The van der Waals surface area contributed by atoms with E-state index in [0.29, 0.717) is 19.1 Å². The van der Waals surface area contributed by atoms with E-state index in [0.717, 1.165) is 19.3 Å². The first kappa shape index (κ1) is 23.3. The Balaban J connectivity index is 2.06. The maximum absolute atomic E-state index is 6.53. The van der Waals surface area contributed by atoms with Crippen LogP contribution in [0.15, 0.2) is 43.0 Å². The van der Waals surface area contributed by atoms with Gasteiger partial charge in [-0.1, -0.05) is 64.1 Å².